The van der Waals surface area contributed by atoms with Crippen LogP contribution in [0, 0.1) is 17.8 Å². The Morgan fingerprint density at radius 1 is 0.537 bits per heavy atom. The van der Waals surface area contributed by atoms with E-state index >= 15 is 0 Å². The monoisotopic (exact) mass is 762 g/mol. The number of nitrogens with one attached hydrogen (secondary N) is 4. The molecule has 4 heterocycles. The van der Waals surface area contributed by atoms with Gasteiger partial charge in [0.15, 0.2) is 5.84 Å². The van der Waals surface area contributed by atoms with Gasteiger partial charge in [0.05, 0.1) is 0 Å². The molecule has 3 saturated heterocycles. The van der Waals surface area contributed by atoms with Crippen LogP contribution in [-0.2, 0) is 0 Å². The predicted molar refractivity (Wildman–Crippen MR) is 220 cm³/mol. The Labute approximate surface area is 329 Å². The van der Waals surface area contributed by atoms with Crippen molar-refractivity contribution in [3.63, 3.8) is 0 Å². The Bertz CT molecular complexity index is 1210. The van der Waals surface area contributed by atoms with Gasteiger partial charge in [-0.25, -0.2) is 0 Å². The Balaban J connectivity index is 1.24. The van der Waals surface area contributed by atoms with Gasteiger partial charge in [0, 0.05) is 58.9 Å². The topological polar surface area (TPSA) is 134 Å². The second-order valence-electron chi connectivity index (χ2n) is 21.3. The van der Waals surface area contributed by atoms with Gasteiger partial charge in [-0.05, 0) is 159 Å². The van der Waals surface area contributed by atoms with E-state index in [1.165, 1.54) is 19.3 Å². The van der Waals surface area contributed by atoms with E-state index in [9.17, 15) is 15.6 Å². The molecule has 12 heteroatoms. The molecule has 3 fully saturated rings. The second kappa shape index (κ2) is 17.9. The van der Waals surface area contributed by atoms with Crippen molar-refractivity contribution in [2.75, 3.05) is 19.6 Å². The van der Waals surface area contributed by atoms with Crippen molar-refractivity contribution in [3.05, 3.63) is 11.9 Å². The molecule has 0 unspecified atom stereocenters. The molecular weight excluding hydrogens is 679 g/mol. The smallest absolute Gasteiger partial charge is 0.153 e. The van der Waals surface area contributed by atoms with Crippen LogP contribution in [0.2, 0.25) is 0 Å². The molecule has 0 amide bonds. The van der Waals surface area contributed by atoms with Gasteiger partial charge in [-0.3, -0.25) is 5.43 Å². The summed E-state index contributed by atoms with van der Waals surface area (Å²) in [5, 5.41) is 50.7. The summed E-state index contributed by atoms with van der Waals surface area (Å²) < 4.78 is 0. The lowest BCUT2D eigenvalue weighted by molar-refractivity contribution is -0.251. The normalized spacial score (nSPS) is 26.2. The quantitative estimate of drug-likeness (QED) is 0.0725. The van der Waals surface area contributed by atoms with Gasteiger partial charge in [-0.15, -0.1) is 10.3 Å². The van der Waals surface area contributed by atoms with Crippen LogP contribution in [0.4, 0.5) is 0 Å². The number of unbranched alkanes of at least 4 members (excludes halogenated alkanes) is 3. The number of hydrogen-bond donors (Lipinski definition) is 7. The van der Waals surface area contributed by atoms with Gasteiger partial charge in [-0.2, -0.15) is 20.6 Å². The Hall–Kier alpha value is -1.67. The van der Waals surface area contributed by atoms with Crippen LogP contribution in [0.5, 0.6) is 0 Å². The third-order valence-corrected chi connectivity index (χ3v) is 12.9. The molecule has 0 aliphatic carbocycles. The minimum absolute atomic E-state index is 0.197. The fraction of sp³-hybridized carbons (Fsp3) is 0.929. The number of piperidine rings is 3. The van der Waals surface area contributed by atoms with E-state index in [0.29, 0.717) is 17.8 Å². The first-order valence-electron chi connectivity index (χ1n) is 21.5. The highest BCUT2D eigenvalue weighted by Crippen LogP contribution is 2.44. The van der Waals surface area contributed by atoms with E-state index in [2.05, 4.69) is 111 Å². The highest BCUT2D eigenvalue weighted by atomic mass is 16.5. The van der Waals surface area contributed by atoms with Crippen molar-refractivity contribution < 1.29 is 15.6 Å². The lowest BCUT2D eigenvalue weighted by atomic mass is 9.73. The number of hydrogen-bond acceptors (Lipinski definition) is 12. The molecule has 0 radical (unpaired) electrons. The summed E-state index contributed by atoms with van der Waals surface area (Å²) in [6.45, 7) is 28.4. The van der Waals surface area contributed by atoms with E-state index in [-0.39, 0.29) is 33.2 Å². The number of rotatable bonds is 17. The summed E-state index contributed by atoms with van der Waals surface area (Å²) in [4.78, 5) is 0. The number of nitrogens with zero attached hydrogens (tertiary/aromatic N) is 5. The largest absolute Gasteiger partial charge is 0.370 e. The maximum atomic E-state index is 10.7. The van der Waals surface area contributed by atoms with Crippen molar-refractivity contribution in [2.45, 2.75) is 213 Å². The van der Waals surface area contributed by atoms with Gasteiger partial charge in [0.1, 0.15) is 5.82 Å². The summed E-state index contributed by atoms with van der Waals surface area (Å²) in [6.07, 6.45) is 18.4. The van der Waals surface area contributed by atoms with Crippen molar-refractivity contribution in [1.29, 1.82) is 0 Å². The zero-order valence-electron chi connectivity index (χ0n) is 36.6. The van der Waals surface area contributed by atoms with Gasteiger partial charge in [-0.1, -0.05) is 38.5 Å². The number of hydroxylamine groups is 6. The zero-order valence-corrected chi connectivity index (χ0v) is 36.6. The molecule has 0 saturated carbocycles. The molecule has 0 aromatic heterocycles. The third-order valence-electron chi connectivity index (χ3n) is 12.9. The lowest BCUT2D eigenvalue weighted by Gasteiger charge is -2.51. The standard InChI is InChI=1S/C42H83N9O3/c1-37(2)26-32(27-38(3,4)48(37)52)19-13-16-22-43-35-25-36(44-23-17-14-20-33-28-39(5,6)49(53)40(7,8)29-33)47-51(46-35)45-24-18-15-21-34-30-41(9,10)50(54)42(11,12)31-34/h25,32-34,43,45-46,52-54H,13-24,26-31H2,1-12H3,(H,44,47). The maximum Gasteiger partial charge on any atom is 0.153 e. The summed E-state index contributed by atoms with van der Waals surface area (Å²) in [6, 6.07) is 0. The SMILES string of the molecule is CC1(C)CC(CCCCNC2=CC(NCCCCC3CC(C)(C)N(O)C(C)(C)C3)=NN(NCCCCC3CC(C)(C)N(O)C(C)(C)C3)N2)CC(C)(C)N1O. The van der Waals surface area contributed by atoms with Gasteiger partial charge in [0.25, 0.3) is 0 Å². The fourth-order valence-corrected chi connectivity index (χ4v) is 11.0. The minimum Gasteiger partial charge on any atom is -0.370 e. The summed E-state index contributed by atoms with van der Waals surface area (Å²) in [5.74, 6) is 3.64. The Morgan fingerprint density at radius 2 is 0.870 bits per heavy atom. The van der Waals surface area contributed by atoms with Gasteiger partial charge in [0.2, 0.25) is 0 Å². The van der Waals surface area contributed by atoms with Crippen LogP contribution in [-0.4, -0.2) is 94.7 Å². The molecule has 12 nitrogen and oxygen atoms in total. The van der Waals surface area contributed by atoms with E-state index in [1.807, 2.05) is 0 Å². The summed E-state index contributed by atoms with van der Waals surface area (Å²) in [5.41, 5.74) is 5.75. The molecule has 0 atom stereocenters. The number of hydrazine groups is 2. The van der Waals surface area contributed by atoms with Crippen LogP contribution in [0.3, 0.4) is 0 Å². The van der Waals surface area contributed by atoms with E-state index in [0.717, 1.165) is 108 Å². The van der Waals surface area contributed by atoms with Crippen LogP contribution in [0.1, 0.15) is 179 Å². The first-order valence-corrected chi connectivity index (χ1v) is 21.5. The van der Waals surface area contributed by atoms with Crippen molar-refractivity contribution in [3.8, 4) is 0 Å². The van der Waals surface area contributed by atoms with E-state index < -0.39 is 0 Å². The third kappa shape index (κ3) is 12.2. The molecule has 4 rings (SSSR count). The molecular formula is C42H83N9O3. The highest BCUT2D eigenvalue weighted by molar-refractivity contribution is 5.93. The molecule has 7 N–H and O–H groups in total. The van der Waals surface area contributed by atoms with E-state index in [1.54, 1.807) is 20.4 Å². The Kier molecular flexibility index (Phi) is 14.9. The molecule has 0 bridgehead atoms. The molecule has 0 aromatic rings. The average molecular weight is 762 g/mol. The molecule has 54 heavy (non-hydrogen) atoms. The Morgan fingerprint density at radius 3 is 1.24 bits per heavy atom. The minimum atomic E-state index is -0.201. The molecule has 0 aromatic carbocycles. The van der Waals surface area contributed by atoms with Crippen molar-refractivity contribution in [1.82, 2.24) is 41.9 Å². The molecule has 4 aliphatic heterocycles. The molecule has 0 spiro atoms. The van der Waals surface area contributed by atoms with Crippen molar-refractivity contribution >= 4 is 5.84 Å². The van der Waals surface area contributed by atoms with Crippen molar-refractivity contribution in [2.24, 2.45) is 22.9 Å². The van der Waals surface area contributed by atoms with E-state index in [4.69, 9.17) is 5.10 Å². The number of amidine groups is 1. The van der Waals surface area contributed by atoms with Crippen LogP contribution >= 0.6 is 0 Å². The lowest BCUT2D eigenvalue weighted by Crippen LogP contribution is -2.58. The second-order valence-corrected chi connectivity index (χ2v) is 21.3. The molecule has 314 valence electrons. The summed E-state index contributed by atoms with van der Waals surface area (Å²) >= 11 is 0. The fourth-order valence-electron chi connectivity index (χ4n) is 11.0. The van der Waals surface area contributed by atoms with Crippen LogP contribution in [0.25, 0.3) is 0 Å². The summed E-state index contributed by atoms with van der Waals surface area (Å²) in [7, 11) is 0. The first-order chi connectivity index (χ1) is 24.9. The van der Waals surface area contributed by atoms with Crippen LogP contribution in [0.15, 0.2) is 17.0 Å². The molecule has 4 aliphatic rings. The first kappa shape index (κ1) is 45.0. The maximum absolute atomic E-state index is 10.7. The predicted octanol–water partition coefficient (Wildman–Crippen LogP) is 8.13. The van der Waals surface area contributed by atoms with Gasteiger partial charge < -0.3 is 26.3 Å². The van der Waals surface area contributed by atoms with Crippen LogP contribution < -0.4 is 21.5 Å². The van der Waals surface area contributed by atoms with Gasteiger partial charge >= 0.3 is 0 Å². The highest BCUT2D eigenvalue weighted by Gasteiger charge is 2.46. The number of hydrazone groups is 1. The zero-order chi connectivity index (χ0) is 40.2. The average Bonchev–Trinajstić information content (AvgIpc) is 3.04.